The van der Waals surface area contributed by atoms with Gasteiger partial charge in [0.25, 0.3) is 0 Å². The highest BCUT2D eigenvalue weighted by Gasteiger charge is 2.50. The lowest BCUT2D eigenvalue weighted by atomic mass is 9.77. The van der Waals surface area contributed by atoms with Crippen molar-refractivity contribution in [2.24, 2.45) is 0 Å². The van der Waals surface area contributed by atoms with Gasteiger partial charge in [-0.25, -0.2) is 0 Å². The molecule has 0 bridgehead atoms. The molecule has 0 radical (unpaired) electrons. The van der Waals surface area contributed by atoms with Gasteiger partial charge in [0.2, 0.25) is 47.6 Å². The monoisotopic (exact) mass is 1290 g/mol. The number of aryl methyl sites for hydroxylation is 1. The molecule has 8 rings (SSSR count). The molecule has 23 nitrogen and oxygen atoms in total. The highest BCUT2D eigenvalue weighted by molar-refractivity contribution is 5.53. The molecule has 5 fully saturated rings. The molecule has 0 spiro atoms. The number of rotatable bonds is 19. The zero-order chi connectivity index (χ0) is 69.9. The van der Waals surface area contributed by atoms with Gasteiger partial charge in [-0.1, -0.05) is 0 Å². The number of piperidine rings is 5. The first kappa shape index (κ1) is 74.0. The van der Waals surface area contributed by atoms with Gasteiger partial charge in [-0.2, -0.15) is 44.9 Å². The molecule has 3 aromatic heterocycles. The molecule has 0 aromatic carbocycles. The quantitative estimate of drug-likeness (QED) is 0.112. The van der Waals surface area contributed by atoms with Crippen molar-refractivity contribution in [2.45, 2.75) is 295 Å². The van der Waals surface area contributed by atoms with Crippen LogP contribution in [0.1, 0.15) is 209 Å². The molecule has 0 unspecified atom stereocenters. The fraction of sp³-hybridized carbons (Fsp3) is 0.871. The van der Waals surface area contributed by atoms with Crippen LogP contribution in [0.25, 0.3) is 0 Å². The van der Waals surface area contributed by atoms with Crippen LogP contribution in [0, 0.1) is 6.92 Å². The van der Waals surface area contributed by atoms with Crippen molar-refractivity contribution in [3.05, 3.63) is 5.82 Å². The van der Waals surface area contributed by atoms with E-state index in [1.54, 1.807) is 0 Å². The highest BCUT2D eigenvalue weighted by atomic mass is 15.5. The molecule has 0 atom stereocenters. The molecular formula is C70H131N23. The second kappa shape index (κ2) is 25.6. The van der Waals surface area contributed by atoms with Gasteiger partial charge in [-0.15, -0.1) is 0 Å². The summed E-state index contributed by atoms with van der Waals surface area (Å²) in [7, 11) is 26.3. The minimum atomic E-state index is -0.0803. The first-order valence-corrected chi connectivity index (χ1v) is 34.8. The van der Waals surface area contributed by atoms with Crippen LogP contribution in [0.2, 0.25) is 0 Å². The summed E-state index contributed by atoms with van der Waals surface area (Å²) in [6.07, 6.45) is 9.45. The number of nitrogens with zero attached hydrogens (tertiary/aromatic N) is 22. The lowest BCUT2D eigenvalue weighted by molar-refractivity contribution is -0.0127. The van der Waals surface area contributed by atoms with E-state index < -0.39 is 0 Å². The van der Waals surface area contributed by atoms with Crippen molar-refractivity contribution < 1.29 is 0 Å². The molecule has 8 heterocycles. The average molecular weight is 1290 g/mol. The normalized spacial score (nSPS) is 24.4. The Balaban J connectivity index is 1.31. The molecule has 5 aliphatic rings. The molecule has 5 saturated heterocycles. The third-order valence-corrected chi connectivity index (χ3v) is 24.7. The molecule has 3 aromatic rings. The Hall–Kier alpha value is -4.81. The van der Waals surface area contributed by atoms with Gasteiger partial charge in [0, 0.05) is 128 Å². The van der Waals surface area contributed by atoms with Gasteiger partial charge >= 0.3 is 0 Å². The van der Waals surface area contributed by atoms with E-state index in [1.165, 1.54) is 0 Å². The maximum absolute atomic E-state index is 5.68. The summed E-state index contributed by atoms with van der Waals surface area (Å²) in [4.78, 5) is 80.1. The molecule has 5 aliphatic heterocycles. The van der Waals surface area contributed by atoms with Crippen molar-refractivity contribution >= 4 is 47.6 Å². The predicted molar refractivity (Wildman–Crippen MR) is 388 cm³/mol. The van der Waals surface area contributed by atoms with E-state index in [0.29, 0.717) is 60.1 Å². The number of aromatic nitrogens is 9. The van der Waals surface area contributed by atoms with Gasteiger partial charge in [-0.05, 0) is 252 Å². The number of likely N-dealkylation sites (tertiary alicyclic amines) is 5. The molecule has 0 amide bonds. The lowest BCUT2D eigenvalue weighted by Crippen LogP contribution is -2.62. The van der Waals surface area contributed by atoms with E-state index in [0.717, 1.165) is 64.2 Å². The van der Waals surface area contributed by atoms with Gasteiger partial charge in [0.1, 0.15) is 5.82 Å². The van der Waals surface area contributed by atoms with E-state index in [4.69, 9.17) is 44.9 Å². The van der Waals surface area contributed by atoms with Crippen molar-refractivity contribution in [3.63, 3.8) is 0 Å². The standard InChI is InChI=1S/C70H131N23/c1-47-72-53(74-54(73-47)82(24)48-34-61(2,3)87(29)62(4,5)35-48)81(23)45-93(60-79-57(85(27)51-40-67(14,15)90(32)68(16,17)41-51)76-58(80-60)86(28)52-42-69(18,19)91(33)70(20,21)43-52)46-92(44-71-22)59-77-55(83(25)49-36-63(6,7)88(30)64(8,9)37-49)75-56(78-59)84(26)50-38-65(10,11)89(31)66(12,13)39-50/h48-52,71H,34-46H2,1-33H3. The van der Waals surface area contributed by atoms with E-state index in [-0.39, 0.29) is 98.9 Å². The number of anilines is 8. The van der Waals surface area contributed by atoms with Crippen LogP contribution in [0.3, 0.4) is 0 Å². The highest BCUT2D eigenvalue weighted by Crippen LogP contribution is 2.45. The zero-order valence-electron chi connectivity index (χ0n) is 64.9. The van der Waals surface area contributed by atoms with Gasteiger partial charge in [-0.3, -0.25) is 24.5 Å². The molecular weight excluding hydrogens is 1160 g/mol. The Kier molecular flexibility index (Phi) is 20.3. The predicted octanol–water partition coefficient (Wildman–Crippen LogP) is 9.53. The summed E-state index contributed by atoms with van der Waals surface area (Å²) < 4.78 is 0. The van der Waals surface area contributed by atoms with Gasteiger partial charge in [0.05, 0.1) is 20.0 Å². The van der Waals surface area contributed by atoms with Gasteiger partial charge < -0.3 is 44.5 Å². The van der Waals surface area contributed by atoms with Crippen LogP contribution in [0.4, 0.5) is 47.6 Å². The summed E-state index contributed by atoms with van der Waals surface area (Å²) in [6, 6.07) is 0.801. The first-order chi connectivity index (χ1) is 42.4. The fourth-order valence-electron chi connectivity index (χ4n) is 17.2. The fourth-order valence-corrected chi connectivity index (χ4v) is 17.2. The van der Waals surface area contributed by atoms with E-state index in [1.807, 2.05) is 14.0 Å². The Morgan fingerprint density at radius 3 is 0.731 bits per heavy atom. The average Bonchev–Trinajstić information content (AvgIpc) is 0.785. The van der Waals surface area contributed by atoms with E-state index >= 15 is 0 Å². The smallest absolute Gasteiger partial charge is 0.234 e. The van der Waals surface area contributed by atoms with Crippen LogP contribution < -0.4 is 44.5 Å². The largest absolute Gasteiger partial charge is 0.341 e. The Labute approximate surface area is 564 Å². The van der Waals surface area contributed by atoms with Crippen LogP contribution in [0.5, 0.6) is 0 Å². The summed E-state index contributed by atoms with van der Waals surface area (Å²) >= 11 is 0. The zero-order valence-corrected chi connectivity index (χ0v) is 64.9. The van der Waals surface area contributed by atoms with Crippen LogP contribution in [-0.4, -0.2) is 260 Å². The van der Waals surface area contributed by atoms with Crippen molar-refractivity contribution in [1.29, 1.82) is 0 Å². The Morgan fingerprint density at radius 1 is 0.301 bits per heavy atom. The van der Waals surface area contributed by atoms with Crippen molar-refractivity contribution in [3.8, 4) is 0 Å². The lowest BCUT2D eigenvalue weighted by Gasteiger charge is -2.55. The minimum absolute atomic E-state index is 0.0294. The first-order valence-electron chi connectivity index (χ1n) is 34.8. The van der Waals surface area contributed by atoms with Crippen molar-refractivity contribution in [2.75, 3.05) is 144 Å². The molecule has 0 aliphatic carbocycles. The van der Waals surface area contributed by atoms with Crippen LogP contribution in [-0.2, 0) is 0 Å². The minimum Gasteiger partial charge on any atom is -0.341 e. The summed E-state index contributed by atoms with van der Waals surface area (Å²) in [5, 5.41) is 3.57. The summed E-state index contributed by atoms with van der Waals surface area (Å²) in [6.45, 7) is 50.1. The third kappa shape index (κ3) is 15.2. The molecule has 23 heteroatoms. The molecule has 93 heavy (non-hydrogen) atoms. The molecule has 1 N–H and O–H groups in total. The number of hydrogen-bond acceptors (Lipinski definition) is 23. The maximum atomic E-state index is 5.68. The summed E-state index contributed by atoms with van der Waals surface area (Å²) in [5.41, 5.74) is -0.642. The number of hydrogen-bond donors (Lipinski definition) is 1. The van der Waals surface area contributed by atoms with Gasteiger partial charge in [0.15, 0.2) is 0 Å². The number of nitrogens with one attached hydrogen (secondary N) is 1. The topological polar surface area (TPSA) is 170 Å². The molecule has 526 valence electrons. The van der Waals surface area contributed by atoms with E-state index in [2.05, 4.69) is 285 Å². The maximum Gasteiger partial charge on any atom is 0.234 e. The van der Waals surface area contributed by atoms with Crippen LogP contribution >= 0.6 is 0 Å². The SMILES string of the molecule is CNCN(CN(CN(C)c1nc(C)nc(N(C)C2CC(C)(C)N(C)C(C)(C)C2)n1)c1nc(N(C)C2CC(C)(C)N(C)C(C)(C)C2)nc(N(C)C2CC(C)(C)N(C)C(C)(C)C2)n1)c1nc(N(C)C2CC(C)(C)N(C)C(C)(C)C2)nc(N(C)C2CC(C)(C)N(C)C(C)(C)C2)n1. The second-order valence-corrected chi connectivity index (χ2v) is 35.8. The summed E-state index contributed by atoms with van der Waals surface area (Å²) in [5.74, 6) is 5.48. The van der Waals surface area contributed by atoms with Crippen LogP contribution in [0.15, 0.2) is 0 Å². The van der Waals surface area contributed by atoms with E-state index in [9.17, 15) is 0 Å². The Morgan fingerprint density at radius 2 is 0.495 bits per heavy atom. The van der Waals surface area contributed by atoms with Crippen molar-refractivity contribution in [1.82, 2.24) is 74.7 Å². The Bertz CT molecular complexity index is 2860. The molecule has 0 saturated carbocycles. The third-order valence-electron chi connectivity index (χ3n) is 24.7. The second-order valence-electron chi connectivity index (χ2n) is 35.8.